The Morgan fingerprint density at radius 3 is 2.63 bits per heavy atom. The van der Waals surface area contributed by atoms with Gasteiger partial charge in [0.15, 0.2) is 0 Å². The first-order valence-corrected chi connectivity index (χ1v) is 6.51. The monoisotopic (exact) mass is 320 g/mol. The summed E-state index contributed by atoms with van der Waals surface area (Å²) in [6.45, 7) is 3.59. The van der Waals surface area contributed by atoms with Gasteiger partial charge in [0.1, 0.15) is 10.4 Å². The first-order chi connectivity index (χ1) is 8.97. The molecule has 5 heteroatoms. The highest BCUT2D eigenvalue weighted by molar-refractivity contribution is 9.10. The van der Waals surface area contributed by atoms with E-state index in [2.05, 4.69) is 26.2 Å². The number of rotatable bonds is 2. The summed E-state index contributed by atoms with van der Waals surface area (Å²) in [6, 6.07) is 8.36. The smallest absolute Gasteiger partial charge is 0.255 e. The number of halogens is 1. The average Bonchev–Trinajstić information content (AvgIpc) is 2.36. The number of amides is 1. The van der Waals surface area contributed by atoms with Gasteiger partial charge in [-0.25, -0.2) is 4.98 Å². The van der Waals surface area contributed by atoms with Crippen LogP contribution in [0.25, 0.3) is 0 Å². The van der Waals surface area contributed by atoms with Crippen molar-refractivity contribution < 1.29 is 9.90 Å². The van der Waals surface area contributed by atoms with E-state index in [4.69, 9.17) is 0 Å². The zero-order valence-corrected chi connectivity index (χ0v) is 12.2. The molecule has 0 spiro atoms. The van der Waals surface area contributed by atoms with E-state index in [9.17, 15) is 9.90 Å². The van der Waals surface area contributed by atoms with Gasteiger partial charge >= 0.3 is 0 Å². The molecule has 1 heterocycles. The molecule has 0 unspecified atom stereocenters. The molecule has 4 nitrogen and oxygen atoms in total. The Bertz CT molecular complexity index is 641. The quantitative estimate of drug-likeness (QED) is 0.833. The van der Waals surface area contributed by atoms with E-state index in [1.807, 2.05) is 6.92 Å². The molecule has 1 aromatic carbocycles. The van der Waals surface area contributed by atoms with Crippen LogP contribution in [-0.4, -0.2) is 16.0 Å². The molecule has 98 valence electrons. The molecule has 0 aliphatic rings. The van der Waals surface area contributed by atoms with Crippen LogP contribution in [0.5, 0.6) is 5.75 Å². The second kappa shape index (κ2) is 5.40. The number of aromatic hydroxyl groups is 1. The third kappa shape index (κ3) is 3.12. The molecular weight excluding hydrogens is 308 g/mol. The number of hydrogen-bond donors (Lipinski definition) is 2. The minimum absolute atomic E-state index is 0.110. The summed E-state index contributed by atoms with van der Waals surface area (Å²) in [5, 5.41) is 12.4. The van der Waals surface area contributed by atoms with Crippen LogP contribution in [0.4, 0.5) is 5.69 Å². The summed E-state index contributed by atoms with van der Waals surface area (Å²) in [4.78, 5) is 16.3. The number of aryl methyl sites for hydroxylation is 2. The van der Waals surface area contributed by atoms with Gasteiger partial charge in [0.05, 0.1) is 11.4 Å². The maximum absolute atomic E-state index is 12.1. The van der Waals surface area contributed by atoms with Gasteiger partial charge < -0.3 is 10.4 Å². The lowest BCUT2D eigenvalue weighted by atomic mass is 10.1. The summed E-state index contributed by atoms with van der Waals surface area (Å²) in [5.74, 6) is -0.166. The number of benzene rings is 1. The van der Waals surface area contributed by atoms with E-state index >= 15 is 0 Å². The number of phenolic OH excluding ortho intramolecular Hbond substituents is 1. The van der Waals surface area contributed by atoms with Crippen molar-refractivity contribution >= 4 is 27.5 Å². The molecule has 2 N–H and O–H groups in total. The van der Waals surface area contributed by atoms with Gasteiger partial charge in [-0.15, -0.1) is 0 Å². The number of pyridine rings is 1. The lowest BCUT2D eigenvalue weighted by Crippen LogP contribution is -2.13. The van der Waals surface area contributed by atoms with Crippen molar-refractivity contribution in [3.05, 3.63) is 51.8 Å². The molecule has 1 amide bonds. The average molecular weight is 321 g/mol. The zero-order valence-electron chi connectivity index (χ0n) is 10.6. The number of carbonyl (C=O) groups is 1. The molecule has 1 aromatic heterocycles. The Hall–Kier alpha value is -1.88. The van der Waals surface area contributed by atoms with Crippen LogP contribution in [0.2, 0.25) is 0 Å². The number of nitrogens with zero attached hydrogens (tertiary/aromatic N) is 1. The normalized spacial score (nSPS) is 10.3. The maximum atomic E-state index is 12.1. The molecular formula is C14H13BrN2O2. The summed E-state index contributed by atoms with van der Waals surface area (Å²) in [6.07, 6.45) is 0. The molecule has 0 fully saturated rings. The molecule has 0 saturated heterocycles. The van der Waals surface area contributed by atoms with E-state index < -0.39 is 0 Å². The van der Waals surface area contributed by atoms with Crippen molar-refractivity contribution in [2.24, 2.45) is 0 Å². The molecule has 0 atom stereocenters. The summed E-state index contributed by atoms with van der Waals surface area (Å²) in [5.41, 5.74) is 2.51. The van der Waals surface area contributed by atoms with Crippen LogP contribution in [0.1, 0.15) is 21.6 Å². The Labute approximate surface area is 119 Å². The molecule has 0 aliphatic heterocycles. The molecule has 0 aliphatic carbocycles. The van der Waals surface area contributed by atoms with Gasteiger partial charge in [0, 0.05) is 5.56 Å². The third-order valence-electron chi connectivity index (χ3n) is 2.77. The van der Waals surface area contributed by atoms with Gasteiger partial charge in [-0.2, -0.15) is 0 Å². The second-order valence-corrected chi connectivity index (χ2v) is 5.03. The second-order valence-electron chi connectivity index (χ2n) is 4.22. The van der Waals surface area contributed by atoms with E-state index in [1.165, 1.54) is 6.07 Å². The minimum atomic E-state index is -0.275. The standard InChI is InChI=1S/C14H13BrN2O2/c1-8-3-4-10(7-12(8)18)14(19)17-11-5-6-13(15)16-9(11)2/h3-7,18H,1-2H3,(H,17,19). The number of carbonyl (C=O) groups excluding carboxylic acids is 1. The highest BCUT2D eigenvalue weighted by Crippen LogP contribution is 2.20. The lowest BCUT2D eigenvalue weighted by Gasteiger charge is -2.09. The number of nitrogens with one attached hydrogen (secondary N) is 1. The van der Waals surface area contributed by atoms with Crippen molar-refractivity contribution in [1.82, 2.24) is 4.98 Å². The molecule has 2 rings (SSSR count). The SMILES string of the molecule is Cc1ccc(C(=O)Nc2ccc(Br)nc2C)cc1O. The van der Waals surface area contributed by atoms with Crippen molar-refractivity contribution in [1.29, 1.82) is 0 Å². The lowest BCUT2D eigenvalue weighted by molar-refractivity contribution is 0.102. The molecule has 0 bridgehead atoms. The van der Waals surface area contributed by atoms with Crippen LogP contribution >= 0.6 is 15.9 Å². The fraction of sp³-hybridized carbons (Fsp3) is 0.143. The number of hydrogen-bond acceptors (Lipinski definition) is 3. The van der Waals surface area contributed by atoms with Crippen LogP contribution in [-0.2, 0) is 0 Å². The van der Waals surface area contributed by atoms with Crippen molar-refractivity contribution in [3.8, 4) is 5.75 Å². The molecule has 19 heavy (non-hydrogen) atoms. The molecule has 0 saturated carbocycles. The highest BCUT2D eigenvalue weighted by Gasteiger charge is 2.10. The van der Waals surface area contributed by atoms with E-state index in [0.717, 1.165) is 15.9 Å². The van der Waals surface area contributed by atoms with Gasteiger partial charge in [-0.1, -0.05) is 6.07 Å². The number of aromatic nitrogens is 1. The largest absolute Gasteiger partial charge is 0.508 e. The molecule has 0 radical (unpaired) electrons. The minimum Gasteiger partial charge on any atom is -0.508 e. The van der Waals surface area contributed by atoms with Gasteiger partial charge in [-0.05, 0) is 59.6 Å². The van der Waals surface area contributed by atoms with Gasteiger partial charge in [0.25, 0.3) is 5.91 Å². The topological polar surface area (TPSA) is 62.2 Å². The fourth-order valence-corrected chi connectivity index (χ4v) is 2.01. The van der Waals surface area contributed by atoms with Crippen LogP contribution in [0, 0.1) is 13.8 Å². The highest BCUT2D eigenvalue weighted by atomic mass is 79.9. The van der Waals surface area contributed by atoms with Crippen molar-refractivity contribution in [3.63, 3.8) is 0 Å². The zero-order chi connectivity index (χ0) is 14.0. The number of phenols is 1. The van der Waals surface area contributed by atoms with Crippen molar-refractivity contribution in [2.75, 3.05) is 5.32 Å². The Morgan fingerprint density at radius 2 is 2.00 bits per heavy atom. The Kier molecular flexibility index (Phi) is 3.85. The van der Waals surface area contributed by atoms with E-state index in [-0.39, 0.29) is 11.7 Å². The molecule has 2 aromatic rings. The maximum Gasteiger partial charge on any atom is 0.255 e. The summed E-state index contributed by atoms with van der Waals surface area (Å²) in [7, 11) is 0. The third-order valence-corrected chi connectivity index (χ3v) is 3.21. The number of anilines is 1. The van der Waals surface area contributed by atoms with Gasteiger partial charge in [0.2, 0.25) is 0 Å². The van der Waals surface area contributed by atoms with E-state index in [1.54, 1.807) is 31.2 Å². The summed E-state index contributed by atoms with van der Waals surface area (Å²) >= 11 is 3.27. The first kappa shape index (κ1) is 13.5. The summed E-state index contributed by atoms with van der Waals surface area (Å²) < 4.78 is 0.718. The predicted octanol–water partition coefficient (Wildman–Crippen LogP) is 3.42. The van der Waals surface area contributed by atoms with Gasteiger partial charge in [-0.3, -0.25) is 4.79 Å². The van der Waals surface area contributed by atoms with Crippen LogP contribution in [0.3, 0.4) is 0 Å². The predicted molar refractivity (Wildman–Crippen MR) is 77.5 cm³/mol. The Balaban J connectivity index is 2.23. The van der Waals surface area contributed by atoms with Crippen LogP contribution < -0.4 is 5.32 Å². The first-order valence-electron chi connectivity index (χ1n) is 5.71. The Morgan fingerprint density at radius 1 is 1.26 bits per heavy atom. The van der Waals surface area contributed by atoms with E-state index in [0.29, 0.717) is 11.3 Å². The fourth-order valence-electron chi connectivity index (χ4n) is 1.61. The van der Waals surface area contributed by atoms with Crippen LogP contribution in [0.15, 0.2) is 34.9 Å². The van der Waals surface area contributed by atoms with Crippen molar-refractivity contribution in [2.45, 2.75) is 13.8 Å².